The second-order valence-electron chi connectivity index (χ2n) is 5.90. The largest absolute Gasteiger partial charge is 0.480 e. The molecule has 0 spiro atoms. The van der Waals surface area contributed by atoms with Crippen molar-refractivity contribution in [3.8, 4) is 0 Å². The second kappa shape index (κ2) is 10.9. The molecule has 0 aromatic heterocycles. The zero-order chi connectivity index (χ0) is 18.6. The van der Waals surface area contributed by atoms with E-state index < -0.39 is 18.1 Å². The number of carboxylic acids is 1. The number of ether oxygens (including phenoxy) is 1. The van der Waals surface area contributed by atoms with Crippen LogP contribution in [0, 0.1) is 0 Å². The first-order valence-electron chi connectivity index (χ1n) is 8.60. The van der Waals surface area contributed by atoms with Crippen LogP contribution < -0.4 is 10.6 Å². The van der Waals surface area contributed by atoms with Crippen LogP contribution in [0.5, 0.6) is 0 Å². The second-order valence-corrected chi connectivity index (χ2v) is 5.90. The van der Waals surface area contributed by atoms with Crippen molar-refractivity contribution in [2.24, 2.45) is 0 Å². The zero-order valence-corrected chi connectivity index (χ0v) is 14.6. The average molecular weight is 356 g/mol. The van der Waals surface area contributed by atoms with Gasteiger partial charge in [0, 0.05) is 6.54 Å². The number of benzene rings is 2. The SMILES string of the molecule is O=C(N[C@@H](CCCNCc1ccccc1)C(=O)O)OCc1ccccc1. The third-order valence-corrected chi connectivity index (χ3v) is 3.82. The van der Waals surface area contributed by atoms with Crippen molar-refractivity contribution in [3.63, 3.8) is 0 Å². The molecule has 1 atom stereocenters. The van der Waals surface area contributed by atoms with E-state index in [1.54, 1.807) is 0 Å². The average Bonchev–Trinajstić information content (AvgIpc) is 2.66. The fourth-order valence-corrected chi connectivity index (χ4v) is 2.42. The number of rotatable bonds is 10. The lowest BCUT2D eigenvalue weighted by molar-refractivity contribution is -0.139. The highest BCUT2D eigenvalue weighted by Gasteiger charge is 2.20. The number of hydrogen-bond acceptors (Lipinski definition) is 4. The Bertz CT molecular complexity index is 677. The van der Waals surface area contributed by atoms with E-state index in [1.165, 1.54) is 5.56 Å². The predicted molar refractivity (Wildman–Crippen MR) is 98.6 cm³/mol. The van der Waals surface area contributed by atoms with Crippen molar-refractivity contribution in [2.75, 3.05) is 6.54 Å². The Hall–Kier alpha value is -2.86. The molecular weight excluding hydrogens is 332 g/mol. The number of carbonyl (C=O) groups excluding carboxylic acids is 1. The molecule has 3 N–H and O–H groups in total. The third kappa shape index (κ3) is 7.36. The molecule has 0 saturated heterocycles. The zero-order valence-electron chi connectivity index (χ0n) is 14.6. The van der Waals surface area contributed by atoms with E-state index in [2.05, 4.69) is 10.6 Å². The predicted octanol–water partition coefficient (Wildman–Crippen LogP) is 2.94. The van der Waals surface area contributed by atoms with E-state index in [4.69, 9.17) is 4.74 Å². The molecule has 0 aliphatic heterocycles. The molecule has 0 heterocycles. The fourth-order valence-electron chi connectivity index (χ4n) is 2.42. The van der Waals surface area contributed by atoms with E-state index in [0.717, 1.165) is 12.1 Å². The minimum Gasteiger partial charge on any atom is -0.480 e. The van der Waals surface area contributed by atoms with Crippen LogP contribution in [0.15, 0.2) is 60.7 Å². The highest BCUT2D eigenvalue weighted by Crippen LogP contribution is 2.03. The van der Waals surface area contributed by atoms with Crippen molar-refractivity contribution < 1.29 is 19.4 Å². The van der Waals surface area contributed by atoms with Gasteiger partial charge in [-0.25, -0.2) is 9.59 Å². The Kier molecular flexibility index (Phi) is 8.15. The number of nitrogens with one attached hydrogen (secondary N) is 2. The molecule has 0 unspecified atom stereocenters. The normalized spacial score (nSPS) is 11.5. The summed E-state index contributed by atoms with van der Waals surface area (Å²) in [7, 11) is 0. The lowest BCUT2D eigenvalue weighted by Gasteiger charge is -2.15. The lowest BCUT2D eigenvalue weighted by atomic mass is 10.1. The number of hydrogen-bond donors (Lipinski definition) is 3. The van der Waals surface area contributed by atoms with Gasteiger partial charge in [0.1, 0.15) is 12.6 Å². The molecule has 0 saturated carbocycles. The molecule has 0 aliphatic rings. The molecule has 138 valence electrons. The van der Waals surface area contributed by atoms with Gasteiger partial charge in [-0.15, -0.1) is 0 Å². The Balaban J connectivity index is 1.65. The van der Waals surface area contributed by atoms with Crippen molar-refractivity contribution >= 4 is 12.1 Å². The van der Waals surface area contributed by atoms with Gasteiger partial charge in [0.05, 0.1) is 0 Å². The summed E-state index contributed by atoms with van der Waals surface area (Å²) < 4.78 is 5.07. The minimum absolute atomic E-state index is 0.109. The summed E-state index contributed by atoms with van der Waals surface area (Å²) in [6, 6.07) is 18.2. The molecule has 0 aliphatic carbocycles. The highest BCUT2D eigenvalue weighted by atomic mass is 16.5. The summed E-state index contributed by atoms with van der Waals surface area (Å²) in [5, 5.41) is 14.9. The molecule has 6 heteroatoms. The van der Waals surface area contributed by atoms with Gasteiger partial charge in [-0.05, 0) is 30.5 Å². The molecule has 0 bridgehead atoms. The first-order chi connectivity index (χ1) is 12.6. The van der Waals surface area contributed by atoms with E-state index in [1.807, 2.05) is 60.7 Å². The van der Waals surface area contributed by atoms with Crippen LogP contribution in [0.2, 0.25) is 0 Å². The Morgan fingerprint density at radius 1 is 0.962 bits per heavy atom. The van der Waals surface area contributed by atoms with E-state index in [9.17, 15) is 14.7 Å². The van der Waals surface area contributed by atoms with Crippen LogP contribution >= 0.6 is 0 Å². The van der Waals surface area contributed by atoms with Crippen molar-refractivity contribution in [1.82, 2.24) is 10.6 Å². The Morgan fingerprint density at radius 2 is 1.58 bits per heavy atom. The number of carboxylic acid groups (broad SMARTS) is 1. The van der Waals surface area contributed by atoms with Crippen LogP contribution in [-0.2, 0) is 22.7 Å². The van der Waals surface area contributed by atoms with Gasteiger partial charge >= 0.3 is 12.1 Å². The monoisotopic (exact) mass is 356 g/mol. The van der Waals surface area contributed by atoms with Gasteiger partial charge in [0.2, 0.25) is 0 Å². The summed E-state index contributed by atoms with van der Waals surface area (Å²) in [6.45, 7) is 1.50. The van der Waals surface area contributed by atoms with Crippen molar-refractivity contribution in [2.45, 2.75) is 32.0 Å². The molecule has 2 aromatic carbocycles. The molecule has 2 rings (SSSR count). The van der Waals surface area contributed by atoms with Crippen LogP contribution in [0.1, 0.15) is 24.0 Å². The number of carbonyl (C=O) groups is 2. The lowest BCUT2D eigenvalue weighted by Crippen LogP contribution is -2.41. The first-order valence-corrected chi connectivity index (χ1v) is 8.60. The topological polar surface area (TPSA) is 87.7 Å². The van der Waals surface area contributed by atoms with E-state index >= 15 is 0 Å². The number of amides is 1. The van der Waals surface area contributed by atoms with Crippen LogP contribution in [0.4, 0.5) is 4.79 Å². The van der Waals surface area contributed by atoms with E-state index in [-0.39, 0.29) is 6.61 Å². The van der Waals surface area contributed by atoms with Crippen LogP contribution in [0.25, 0.3) is 0 Å². The maximum Gasteiger partial charge on any atom is 0.408 e. The van der Waals surface area contributed by atoms with E-state index in [0.29, 0.717) is 19.4 Å². The molecule has 0 fully saturated rings. The van der Waals surface area contributed by atoms with Crippen molar-refractivity contribution in [3.05, 3.63) is 71.8 Å². The van der Waals surface area contributed by atoms with Crippen LogP contribution in [-0.4, -0.2) is 29.8 Å². The molecule has 26 heavy (non-hydrogen) atoms. The maximum atomic E-state index is 11.8. The summed E-state index contributed by atoms with van der Waals surface area (Å²) in [5.41, 5.74) is 2.02. The first kappa shape index (κ1) is 19.5. The fraction of sp³-hybridized carbons (Fsp3) is 0.300. The summed E-state index contributed by atoms with van der Waals surface area (Å²) in [4.78, 5) is 23.1. The summed E-state index contributed by atoms with van der Waals surface area (Å²) in [6.07, 6.45) is 0.235. The minimum atomic E-state index is -1.07. The maximum absolute atomic E-state index is 11.8. The quantitative estimate of drug-likeness (QED) is 0.570. The molecule has 0 radical (unpaired) electrons. The Morgan fingerprint density at radius 3 is 2.19 bits per heavy atom. The summed E-state index contributed by atoms with van der Waals surface area (Å²) >= 11 is 0. The van der Waals surface area contributed by atoms with Crippen molar-refractivity contribution in [1.29, 1.82) is 0 Å². The third-order valence-electron chi connectivity index (χ3n) is 3.82. The Labute approximate surface area is 153 Å². The number of aliphatic carboxylic acids is 1. The standard InChI is InChI=1S/C20H24N2O4/c23-19(24)18(12-7-13-21-14-16-8-3-1-4-9-16)22-20(25)26-15-17-10-5-2-6-11-17/h1-6,8-11,18,21H,7,12-15H2,(H,22,25)(H,23,24)/t18-/m0/s1. The van der Waals surface area contributed by atoms with Gasteiger partial charge in [0.15, 0.2) is 0 Å². The van der Waals surface area contributed by atoms with Gasteiger partial charge in [-0.1, -0.05) is 60.7 Å². The molecule has 6 nitrogen and oxygen atoms in total. The number of alkyl carbamates (subject to hydrolysis) is 1. The molecule has 2 aromatic rings. The van der Waals surface area contributed by atoms with Gasteiger partial charge in [-0.3, -0.25) is 0 Å². The molecular formula is C20H24N2O4. The van der Waals surface area contributed by atoms with Gasteiger partial charge in [-0.2, -0.15) is 0 Å². The smallest absolute Gasteiger partial charge is 0.408 e. The molecule has 1 amide bonds. The van der Waals surface area contributed by atoms with Crippen LogP contribution in [0.3, 0.4) is 0 Å². The highest BCUT2D eigenvalue weighted by molar-refractivity contribution is 5.79. The summed E-state index contributed by atoms with van der Waals surface area (Å²) in [5.74, 6) is -1.07. The van der Waals surface area contributed by atoms with Gasteiger partial charge in [0.25, 0.3) is 0 Å². The van der Waals surface area contributed by atoms with Gasteiger partial charge < -0.3 is 20.5 Å².